The summed E-state index contributed by atoms with van der Waals surface area (Å²) in [6, 6.07) is 5.66. The lowest BCUT2D eigenvalue weighted by atomic mass is 10.3. The maximum Gasteiger partial charge on any atom is 0.0860 e. The molecule has 0 aliphatic rings. The van der Waals surface area contributed by atoms with E-state index in [-0.39, 0.29) is 0 Å². The fourth-order valence-corrected chi connectivity index (χ4v) is 1.13. The molecule has 1 aromatic heterocycles. The van der Waals surface area contributed by atoms with Gasteiger partial charge >= 0.3 is 0 Å². The van der Waals surface area contributed by atoms with Crippen LogP contribution in [0.5, 0.6) is 0 Å². The van der Waals surface area contributed by atoms with Crippen LogP contribution in [0, 0.1) is 0 Å². The van der Waals surface area contributed by atoms with Gasteiger partial charge in [-0.05, 0) is 25.1 Å². The van der Waals surface area contributed by atoms with Crippen molar-refractivity contribution in [1.82, 2.24) is 10.1 Å². The molecule has 90 valence electrons. The van der Waals surface area contributed by atoms with Crippen molar-refractivity contribution < 1.29 is 4.74 Å². The minimum Gasteiger partial charge on any atom is -0.381 e. The van der Waals surface area contributed by atoms with Gasteiger partial charge in [0.15, 0.2) is 0 Å². The lowest BCUT2D eigenvalue weighted by molar-refractivity contribution is 0.232. The molecule has 0 atom stereocenters. The lowest BCUT2D eigenvalue weighted by Crippen LogP contribution is -2.07. The quantitative estimate of drug-likeness (QED) is 0.556. The maximum atomic E-state index is 4.89. The third-order valence-corrected chi connectivity index (χ3v) is 1.93. The van der Waals surface area contributed by atoms with Gasteiger partial charge in [0.2, 0.25) is 0 Å². The minimum atomic E-state index is 0.504. The molecule has 0 aromatic carbocycles. The molecule has 0 spiro atoms. The summed E-state index contributed by atoms with van der Waals surface area (Å²) in [6.07, 6.45) is 5.20. The van der Waals surface area contributed by atoms with Gasteiger partial charge in [-0.15, -0.1) is 0 Å². The van der Waals surface area contributed by atoms with Crippen LogP contribution in [0.3, 0.4) is 0 Å². The molecular weight excluding hydrogens is 216 g/mol. The Morgan fingerprint density at radius 3 is 3.00 bits per heavy atom. The van der Waals surface area contributed by atoms with E-state index in [1.54, 1.807) is 25.6 Å². The van der Waals surface area contributed by atoms with Crippen LogP contribution < -0.4 is 0 Å². The van der Waals surface area contributed by atoms with E-state index in [1.807, 2.05) is 25.1 Å². The van der Waals surface area contributed by atoms with Gasteiger partial charge in [-0.2, -0.15) is 15.3 Å². The minimum absolute atomic E-state index is 0.504. The summed E-state index contributed by atoms with van der Waals surface area (Å²) >= 11 is 0. The molecule has 0 N–H and O–H groups in total. The second-order valence-corrected chi connectivity index (χ2v) is 3.20. The zero-order valence-electron chi connectivity index (χ0n) is 10.1. The van der Waals surface area contributed by atoms with Gasteiger partial charge in [-0.3, -0.25) is 4.98 Å². The molecule has 0 unspecified atom stereocenters. The Hall–Kier alpha value is -2.01. The van der Waals surface area contributed by atoms with Crippen LogP contribution in [0.25, 0.3) is 0 Å². The summed E-state index contributed by atoms with van der Waals surface area (Å²) in [5.74, 6) is 0. The number of methoxy groups -OCH3 is 1. The van der Waals surface area contributed by atoms with E-state index in [0.717, 1.165) is 11.4 Å². The Kier molecular flexibility index (Phi) is 5.60. The van der Waals surface area contributed by atoms with Gasteiger partial charge in [-0.1, -0.05) is 6.07 Å². The van der Waals surface area contributed by atoms with E-state index in [9.17, 15) is 0 Å². The van der Waals surface area contributed by atoms with Crippen molar-refractivity contribution in [1.29, 1.82) is 0 Å². The fraction of sp³-hybridized carbons (Fsp3) is 0.250. The van der Waals surface area contributed by atoms with Crippen molar-refractivity contribution in [3.63, 3.8) is 0 Å². The molecule has 5 nitrogen and oxygen atoms in total. The molecule has 0 fully saturated rings. The van der Waals surface area contributed by atoms with Crippen molar-refractivity contribution in [2.75, 3.05) is 13.7 Å². The number of aromatic nitrogens is 1. The molecule has 0 radical (unpaired) electrons. The number of hydrogen-bond acceptors (Lipinski definition) is 5. The number of rotatable bonds is 6. The molecule has 0 saturated carbocycles. The van der Waals surface area contributed by atoms with Crippen molar-refractivity contribution in [2.24, 2.45) is 10.2 Å². The van der Waals surface area contributed by atoms with Gasteiger partial charge in [-0.25, -0.2) is 0 Å². The van der Waals surface area contributed by atoms with E-state index in [0.29, 0.717) is 6.61 Å². The molecule has 5 heteroatoms. The summed E-state index contributed by atoms with van der Waals surface area (Å²) in [4.78, 5) is 4.19. The lowest BCUT2D eigenvalue weighted by Gasteiger charge is -2.08. The smallest absolute Gasteiger partial charge is 0.0860 e. The van der Waals surface area contributed by atoms with Crippen molar-refractivity contribution in [2.45, 2.75) is 6.92 Å². The standard InChI is InChI=1S/C12H16N4O/c1-11(12-7-4-5-8-14-12)15-16(13-2)9-6-10-17-3/h4-9H,2,10H2,1,3H3/b9-6+,15-11+. The van der Waals surface area contributed by atoms with Crippen LogP contribution in [0.4, 0.5) is 0 Å². The van der Waals surface area contributed by atoms with Crippen LogP contribution in [-0.4, -0.2) is 36.2 Å². The highest BCUT2D eigenvalue weighted by Crippen LogP contribution is 2.00. The summed E-state index contributed by atoms with van der Waals surface area (Å²) < 4.78 is 4.89. The first kappa shape index (κ1) is 13.1. The first-order valence-electron chi connectivity index (χ1n) is 5.16. The topological polar surface area (TPSA) is 50.1 Å². The van der Waals surface area contributed by atoms with E-state index < -0.39 is 0 Å². The van der Waals surface area contributed by atoms with E-state index in [1.165, 1.54) is 5.12 Å². The van der Waals surface area contributed by atoms with E-state index >= 15 is 0 Å². The average Bonchev–Trinajstić information content (AvgIpc) is 2.38. The highest BCUT2D eigenvalue weighted by atomic mass is 16.5. The van der Waals surface area contributed by atoms with Crippen LogP contribution in [-0.2, 0) is 4.74 Å². The number of pyridine rings is 1. The summed E-state index contributed by atoms with van der Waals surface area (Å²) in [7, 11) is 1.62. The predicted molar refractivity (Wildman–Crippen MR) is 68.9 cm³/mol. The molecule has 0 aliphatic carbocycles. The second kappa shape index (κ2) is 7.29. The van der Waals surface area contributed by atoms with Crippen LogP contribution in [0.15, 0.2) is 46.9 Å². The van der Waals surface area contributed by atoms with Gasteiger partial charge < -0.3 is 4.74 Å². The second-order valence-electron chi connectivity index (χ2n) is 3.20. The van der Waals surface area contributed by atoms with Crippen molar-refractivity contribution >= 4 is 12.4 Å². The van der Waals surface area contributed by atoms with Gasteiger partial charge in [0.25, 0.3) is 0 Å². The predicted octanol–water partition coefficient (Wildman–Crippen LogP) is 1.88. The molecule has 17 heavy (non-hydrogen) atoms. The van der Waals surface area contributed by atoms with Crippen LogP contribution in [0.1, 0.15) is 12.6 Å². The monoisotopic (exact) mass is 232 g/mol. The Morgan fingerprint density at radius 1 is 1.59 bits per heavy atom. The highest BCUT2D eigenvalue weighted by molar-refractivity contribution is 5.96. The average molecular weight is 232 g/mol. The third kappa shape index (κ3) is 4.56. The van der Waals surface area contributed by atoms with Crippen molar-refractivity contribution in [3.05, 3.63) is 42.4 Å². The van der Waals surface area contributed by atoms with Gasteiger partial charge in [0.1, 0.15) is 0 Å². The Labute approximate surface area is 101 Å². The fourth-order valence-electron chi connectivity index (χ4n) is 1.13. The zero-order valence-corrected chi connectivity index (χ0v) is 10.1. The third-order valence-electron chi connectivity index (χ3n) is 1.93. The largest absolute Gasteiger partial charge is 0.381 e. The summed E-state index contributed by atoms with van der Waals surface area (Å²) in [6.45, 7) is 5.81. The molecule has 0 amide bonds. The first-order valence-corrected chi connectivity index (χ1v) is 5.16. The van der Waals surface area contributed by atoms with Crippen LogP contribution >= 0.6 is 0 Å². The molecule has 1 rings (SSSR count). The maximum absolute atomic E-state index is 4.89. The first-order chi connectivity index (χ1) is 8.27. The Balaban J connectivity index is 2.75. The number of nitrogens with zero attached hydrogens (tertiary/aromatic N) is 4. The summed E-state index contributed by atoms with van der Waals surface area (Å²) in [5.41, 5.74) is 1.57. The molecule has 1 aromatic rings. The van der Waals surface area contributed by atoms with Gasteiger partial charge in [0, 0.05) is 26.2 Å². The molecule has 1 heterocycles. The SMILES string of the molecule is C=NN(/C=C/COC)/N=C(\C)c1ccccn1. The highest BCUT2D eigenvalue weighted by Gasteiger charge is 1.99. The molecule has 0 bridgehead atoms. The zero-order chi connectivity index (χ0) is 12.5. The molecule has 0 aliphatic heterocycles. The summed E-state index contributed by atoms with van der Waals surface area (Å²) in [5, 5.41) is 9.38. The normalized spacial score (nSPS) is 11.8. The Morgan fingerprint density at radius 2 is 2.41 bits per heavy atom. The van der Waals surface area contributed by atoms with Gasteiger partial charge in [0.05, 0.1) is 18.0 Å². The Bertz CT molecular complexity index is 400. The molecule has 0 saturated heterocycles. The number of hydrogen-bond donors (Lipinski definition) is 0. The van der Waals surface area contributed by atoms with E-state index in [2.05, 4.69) is 21.9 Å². The van der Waals surface area contributed by atoms with Crippen LogP contribution in [0.2, 0.25) is 0 Å². The van der Waals surface area contributed by atoms with E-state index in [4.69, 9.17) is 4.74 Å². The van der Waals surface area contributed by atoms with Crippen molar-refractivity contribution in [3.8, 4) is 0 Å². The molecular formula is C12H16N4O. The number of ether oxygens (including phenoxy) is 1. The number of hydrazone groups is 2.